The number of nitrogens with one attached hydrogen (secondary N) is 1. The van der Waals surface area contributed by atoms with Crippen molar-refractivity contribution in [3.05, 3.63) is 71.6 Å². The minimum Gasteiger partial charge on any atom is -0.497 e. The van der Waals surface area contributed by atoms with E-state index >= 15 is 0 Å². The second kappa shape index (κ2) is 7.24. The van der Waals surface area contributed by atoms with E-state index in [9.17, 15) is 9.18 Å². The summed E-state index contributed by atoms with van der Waals surface area (Å²) in [6.45, 7) is 0.387. The normalized spacial score (nSPS) is 10.6. The zero-order chi connectivity index (χ0) is 15.1. The lowest BCUT2D eigenvalue weighted by molar-refractivity contribution is -0.116. The number of benzene rings is 2. The molecule has 1 N–H and O–H groups in total. The van der Waals surface area contributed by atoms with Crippen molar-refractivity contribution in [2.75, 3.05) is 7.11 Å². The van der Waals surface area contributed by atoms with Crippen LogP contribution in [0, 0.1) is 5.82 Å². The standard InChI is InChI=1S/C17H16FNO2/c1-21-15-7-4-5-13(11-15)12-19-17(20)10-9-14-6-2-3-8-16(14)18/h2-11H,12H2,1H3,(H,19,20)/b10-9+. The monoisotopic (exact) mass is 285 g/mol. The van der Waals surface area contributed by atoms with Gasteiger partial charge in [-0.05, 0) is 29.8 Å². The quantitative estimate of drug-likeness (QED) is 0.857. The predicted octanol–water partition coefficient (Wildman–Crippen LogP) is 3.16. The maximum atomic E-state index is 13.4. The summed E-state index contributed by atoms with van der Waals surface area (Å²) in [6.07, 6.45) is 2.77. The minimum absolute atomic E-state index is 0.277. The van der Waals surface area contributed by atoms with Crippen molar-refractivity contribution in [1.82, 2.24) is 5.32 Å². The number of ether oxygens (including phenoxy) is 1. The van der Waals surface area contributed by atoms with E-state index in [1.807, 2.05) is 24.3 Å². The van der Waals surface area contributed by atoms with E-state index in [1.54, 1.807) is 25.3 Å². The summed E-state index contributed by atoms with van der Waals surface area (Å²) in [5, 5.41) is 2.74. The molecule has 0 aliphatic heterocycles. The maximum Gasteiger partial charge on any atom is 0.244 e. The summed E-state index contributed by atoms with van der Waals surface area (Å²) in [4.78, 5) is 11.7. The lowest BCUT2D eigenvalue weighted by Crippen LogP contribution is -2.20. The van der Waals surface area contributed by atoms with Crippen molar-refractivity contribution in [3.8, 4) is 5.75 Å². The average molecular weight is 285 g/mol. The second-order valence-electron chi connectivity index (χ2n) is 4.42. The molecule has 0 saturated carbocycles. The molecule has 0 unspecified atom stereocenters. The van der Waals surface area contributed by atoms with Crippen LogP contribution in [0.2, 0.25) is 0 Å². The molecule has 0 heterocycles. The topological polar surface area (TPSA) is 38.3 Å². The van der Waals surface area contributed by atoms with Gasteiger partial charge in [-0.15, -0.1) is 0 Å². The SMILES string of the molecule is COc1cccc(CNC(=O)/C=C/c2ccccc2F)c1. The highest BCUT2D eigenvalue weighted by molar-refractivity contribution is 5.91. The van der Waals surface area contributed by atoms with Crippen molar-refractivity contribution < 1.29 is 13.9 Å². The Morgan fingerprint density at radius 1 is 1.24 bits per heavy atom. The molecule has 0 atom stereocenters. The molecule has 21 heavy (non-hydrogen) atoms. The first-order chi connectivity index (χ1) is 10.2. The fraction of sp³-hybridized carbons (Fsp3) is 0.118. The number of carbonyl (C=O) groups excluding carboxylic acids is 1. The summed E-state index contributed by atoms with van der Waals surface area (Å²) >= 11 is 0. The van der Waals surface area contributed by atoms with E-state index in [2.05, 4.69) is 5.32 Å². The fourth-order valence-electron chi connectivity index (χ4n) is 1.81. The van der Waals surface area contributed by atoms with Crippen LogP contribution < -0.4 is 10.1 Å². The van der Waals surface area contributed by atoms with E-state index in [1.165, 1.54) is 18.2 Å². The highest BCUT2D eigenvalue weighted by atomic mass is 19.1. The second-order valence-corrected chi connectivity index (χ2v) is 4.42. The molecule has 0 aromatic heterocycles. The third-order valence-electron chi connectivity index (χ3n) is 2.92. The van der Waals surface area contributed by atoms with Crippen LogP contribution in [0.25, 0.3) is 6.08 Å². The van der Waals surface area contributed by atoms with Crippen molar-refractivity contribution in [2.24, 2.45) is 0 Å². The third kappa shape index (κ3) is 4.45. The van der Waals surface area contributed by atoms with Gasteiger partial charge in [-0.3, -0.25) is 4.79 Å². The molecule has 2 aromatic rings. The Bertz CT molecular complexity index is 653. The molecule has 0 spiro atoms. The first-order valence-electron chi connectivity index (χ1n) is 6.52. The molecule has 0 bridgehead atoms. The summed E-state index contributed by atoms with van der Waals surface area (Å²) in [6, 6.07) is 13.7. The summed E-state index contributed by atoms with van der Waals surface area (Å²) < 4.78 is 18.5. The molecule has 108 valence electrons. The Morgan fingerprint density at radius 3 is 2.81 bits per heavy atom. The number of rotatable bonds is 5. The van der Waals surface area contributed by atoms with Gasteiger partial charge in [0, 0.05) is 18.2 Å². The van der Waals surface area contributed by atoms with E-state index in [0.717, 1.165) is 11.3 Å². The largest absolute Gasteiger partial charge is 0.497 e. The number of carbonyl (C=O) groups is 1. The Balaban J connectivity index is 1.91. The van der Waals surface area contributed by atoms with Gasteiger partial charge in [-0.2, -0.15) is 0 Å². The van der Waals surface area contributed by atoms with E-state index in [0.29, 0.717) is 12.1 Å². The Hall–Kier alpha value is -2.62. The van der Waals surface area contributed by atoms with E-state index in [4.69, 9.17) is 4.74 Å². The minimum atomic E-state index is -0.352. The van der Waals surface area contributed by atoms with Crippen LogP contribution in [-0.4, -0.2) is 13.0 Å². The molecule has 0 fully saturated rings. The number of hydrogen-bond acceptors (Lipinski definition) is 2. The molecule has 1 amide bonds. The molecule has 0 aliphatic carbocycles. The third-order valence-corrected chi connectivity index (χ3v) is 2.92. The highest BCUT2D eigenvalue weighted by Gasteiger charge is 2.00. The molecule has 0 radical (unpaired) electrons. The van der Waals surface area contributed by atoms with Gasteiger partial charge in [0.1, 0.15) is 11.6 Å². The van der Waals surface area contributed by atoms with E-state index < -0.39 is 0 Å². The maximum absolute atomic E-state index is 13.4. The van der Waals surface area contributed by atoms with Crippen LogP contribution in [0.3, 0.4) is 0 Å². The lowest BCUT2D eigenvalue weighted by Gasteiger charge is -2.05. The zero-order valence-corrected chi connectivity index (χ0v) is 11.7. The van der Waals surface area contributed by atoms with Crippen LogP contribution in [0.1, 0.15) is 11.1 Å². The first kappa shape index (κ1) is 14.8. The predicted molar refractivity (Wildman–Crippen MR) is 80.3 cm³/mol. The number of amides is 1. The van der Waals surface area contributed by atoms with Gasteiger partial charge in [0.15, 0.2) is 0 Å². The van der Waals surface area contributed by atoms with Crippen LogP contribution in [-0.2, 0) is 11.3 Å². The van der Waals surface area contributed by atoms with Crippen molar-refractivity contribution in [3.63, 3.8) is 0 Å². The van der Waals surface area contributed by atoms with Gasteiger partial charge < -0.3 is 10.1 Å². The molecule has 0 saturated heterocycles. The Labute approximate surface area is 123 Å². The smallest absolute Gasteiger partial charge is 0.244 e. The van der Waals surface area contributed by atoms with Crippen molar-refractivity contribution >= 4 is 12.0 Å². The Kier molecular flexibility index (Phi) is 5.10. The van der Waals surface area contributed by atoms with Gasteiger partial charge in [0.05, 0.1) is 7.11 Å². The van der Waals surface area contributed by atoms with E-state index in [-0.39, 0.29) is 11.7 Å². The number of methoxy groups -OCH3 is 1. The Morgan fingerprint density at radius 2 is 2.05 bits per heavy atom. The van der Waals surface area contributed by atoms with Gasteiger partial charge in [0.25, 0.3) is 0 Å². The van der Waals surface area contributed by atoms with Gasteiger partial charge in [-0.1, -0.05) is 30.3 Å². The summed E-state index contributed by atoms with van der Waals surface area (Å²) in [5.74, 6) is 0.110. The number of halogens is 1. The van der Waals surface area contributed by atoms with Crippen molar-refractivity contribution in [2.45, 2.75) is 6.54 Å². The number of hydrogen-bond donors (Lipinski definition) is 1. The van der Waals surface area contributed by atoms with Crippen LogP contribution >= 0.6 is 0 Å². The molecule has 4 heteroatoms. The molecular weight excluding hydrogens is 269 g/mol. The fourth-order valence-corrected chi connectivity index (χ4v) is 1.81. The summed E-state index contributed by atoms with van der Waals surface area (Å²) in [7, 11) is 1.59. The lowest BCUT2D eigenvalue weighted by atomic mass is 10.2. The first-order valence-corrected chi connectivity index (χ1v) is 6.52. The molecule has 2 aromatic carbocycles. The zero-order valence-electron chi connectivity index (χ0n) is 11.7. The van der Waals surface area contributed by atoms with Crippen molar-refractivity contribution in [1.29, 1.82) is 0 Å². The van der Waals surface area contributed by atoms with Crippen LogP contribution in [0.4, 0.5) is 4.39 Å². The highest BCUT2D eigenvalue weighted by Crippen LogP contribution is 2.12. The van der Waals surface area contributed by atoms with Crippen LogP contribution in [0.15, 0.2) is 54.6 Å². The summed E-state index contributed by atoms with van der Waals surface area (Å²) in [5.41, 5.74) is 1.32. The molecule has 2 rings (SSSR count). The van der Waals surface area contributed by atoms with Gasteiger partial charge in [0.2, 0.25) is 5.91 Å². The van der Waals surface area contributed by atoms with Gasteiger partial charge >= 0.3 is 0 Å². The molecular formula is C17H16FNO2. The molecule has 0 aliphatic rings. The van der Waals surface area contributed by atoms with Crippen LogP contribution in [0.5, 0.6) is 5.75 Å². The molecule has 3 nitrogen and oxygen atoms in total. The average Bonchev–Trinajstić information content (AvgIpc) is 2.52. The van der Waals surface area contributed by atoms with Gasteiger partial charge in [-0.25, -0.2) is 4.39 Å².